The Morgan fingerprint density at radius 2 is 1.12 bits per heavy atom. The van der Waals surface area contributed by atoms with Gasteiger partial charge in [-0.25, -0.2) is 0 Å². The van der Waals surface area contributed by atoms with Gasteiger partial charge in [-0.15, -0.1) is 0 Å². The van der Waals surface area contributed by atoms with Gasteiger partial charge in [0, 0.05) is 37.9 Å². The van der Waals surface area contributed by atoms with Crippen molar-refractivity contribution >= 4 is 17.8 Å². The molecule has 1 saturated heterocycles. The molecule has 10 heteroatoms. The van der Waals surface area contributed by atoms with E-state index in [1.54, 1.807) is 0 Å². The number of amides is 1. The molecule has 0 aromatic heterocycles. The molecule has 0 spiro atoms. The molecule has 3 fully saturated rings. The summed E-state index contributed by atoms with van der Waals surface area (Å²) in [5.41, 5.74) is 23.1. The van der Waals surface area contributed by atoms with Gasteiger partial charge in [-0.05, 0) is 120 Å². The van der Waals surface area contributed by atoms with Crippen LogP contribution >= 0.6 is 0 Å². The summed E-state index contributed by atoms with van der Waals surface area (Å²) in [4.78, 5) is 30.4. The Hall–Kier alpha value is -1.75. The number of hydrogen-bond donors (Lipinski definition) is 7. The molecule has 0 bridgehead atoms. The third-order valence-corrected chi connectivity index (χ3v) is 9.24. The average molecular weight is 614 g/mol. The summed E-state index contributed by atoms with van der Waals surface area (Å²) in [6.45, 7) is 7.53. The number of carboxylic acids is 2. The zero-order chi connectivity index (χ0) is 32.5. The molecule has 1 aliphatic heterocycles. The highest BCUT2D eigenvalue weighted by Crippen LogP contribution is 2.47. The second-order valence-corrected chi connectivity index (χ2v) is 13.2. The molecule has 3 rings (SSSR count). The number of carbonyl (C=O) groups excluding carboxylic acids is 1. The Kier molecular flexibility index (Phi) is 24.5. The largest absolute Gasteiger partial charge is 0.481 e. The SMILES string of the molecule is CC(C)(C1CCC(N)CC1)C1CCC(N)CC1.NCCCCCCN.O=C(O)CCCCC(=O)O.O=C1CCCCCN1. The predicted octanol–water partition coefficient (Wildman–Crippen LogP) is 4.90. The van der Waals surface area contributed by atoms with E-state index in [1.165, 1.54) is 70.6 Å². The summed E-state index contributed by atoms with van der Waals surface area (Å²) in [6.07, 6.45) is 20.3. The van der Waals surface area contributed by atoms with Crippen molar-refractivity contribution in [2.45, 2.75) is 154 Å². The highest BCUT2D eigenvalue weighted by atomic mass is 16.4. The fourth-order valence-corrected chi connectivity index (χ4v) is 6.16. The zero-order valence-electron chi connectivity index (χ0n) is 27.5. The van der Waals surface area contributed by atoms with Crippen molar-refractivity contribution in [3.05, 3.63) is 0 Å². The number of carboxylic acid groups (broad SMARTS) is 2. The van der Waals surface area contributed by atoms with Crippen LogP contribution in [0.4, 0.5) is 0 Å². The molecule has 2 aliphatic carbocycles. The topological polar surface area (TPSA) is 208 Å². The monoisotopic (exact) mass is 614 g/mol. The molecular weight excluding hydrogens is 546 g/mol. The molecule has 1 heterocycles. The molecule has 0 atom stereocenters. The minimum absolute atomic E-state index is 0.0628. The van der Waals surface area contributed by atoms with Crippen LogP contribution in [0.3, 0.4) is 0 Å². The second-order valence-electron chi connectivity index (χ2n) is 13.2. The molecule has 0 aromatic rings. The van der Waals surface area contributed by atoms with Gasteiger partial charge in [0.05, 0.1) is 0 Å². The van der Waals surface area contributed by atoms with E-state index in [4.69, 9.17) is 33.1 Å². The lowest BCUT2D eigenvalue weighted by molar-refractivity contribution is -0.139. The third kappa shape index (κ3) is 22.4. The van der Waals surface area contributed by atoms with Crippen LogP contribution in [-0.2, 0) is 14.4 Å². The predicted molar refractivity (Wildman–Crippen MR) is 175 cm³/mol. The normalized spacial score (nSPS) is 23.9. The minimum atomic E-state index is -0.870. The molecule has 1 amide bonds. The van der Waals surface area contributed by atoms with Crippen molar-refractivity contribution in [1.82, 2.24) is 5.32 Å². The Balaban J connectivity index is 0.000000585. The van der Waals surface area contributed by atoms with Crippen molar-refractivity contribution < 1.29 is 24.6 Å². The molecule has 0 aromatic carbocycles. The molecule has 0 radical (unpaired) electrons. The van der Waals surface area contributed by atoms with E-state index in [1.807, 2.05) is 0 Å². The highest BCUT2D eigenvalue weighted by Gasteiger charge is 2.39. The summed E-state index contributed by atoms with van der Waals surface area (Å²) in [5.74, 6) is 0.265. The molecule has 0 unspecified atom stereocenters. The van der Waals surface area contributed by atoms with E-state index >= 15 is 0 Å². The van der Waals surface area contributed by atoms with Gasteiger partial charge < -0.3 is 38.5 Å². The lowest BCUT2D eigenvalue weighted by atomic mass is 9.60. The molecule has 10 nitrogen and oxygen atoms in total. The van der Waals surface area contributed by atoms with Gasteiger partial charge in [0.1, 0.15) is 0 Å². The van der Waals surface area contributed by atoms with Gasteiger partial charge >= 0.3 is 11.9 Å². The number of aliphatic carboxylic acids is 2. The maximum absolute atomic E-state index is 10.6. The Morgan fingerprint density at radius 1 is 0.698 bits per heavy atom. The lowest BCUT2D eigenvalue weighted by Crippen LogP contribution is -2.40. The van der Waals surface area contributed by atoms with E-state index in [2.05, 4.69) is 19.2 Å². The molecule has 43 heavy (non-hydrogen) atoms. The Labute approximate surface area is 261 Å². The smallest absolute Gasteiger partial charge is 0.303 e. The van der Waals surface area contributed by atoms with Gasteiger partial charge in [0.2, 0.25) is 5.91 Å². The van der Waals surface area contributed by atoms with Crippen LogP contribution in [0, 0.1) is 17.3 Å². The van der Waals surface area contributed by atoms with Crippen molar-refractivity contribution in [1.29, 1.82) is 0 Å². The van der Waals surface area contributed by atoms with Crippen molar-refractivity contribution in [3.63, 3.8) is 0 Å². The van der Waals surface area contributed by atoms with Crippen LogP contribution in [-0.4, -0.2) is 59.8 Å². The Morgan fingerprint density at radius 3 is 1.49 bits per heavy atom. The van der Waals surface area contributed by atoms with Crippen molar-refractivity contribution in [3.8, 4) is 0 Å². The van der Waals surface area contributed by atoms with Crippen LogP contribution in [0.25, 0.3) is 0 Å². The van der Waals surface area contributed by atoms with E-state index in [9.17, 15) is 14.4 Å². The van der Waals surface area contributed by atoms with E-state index in [0.29, 0.717) is 30.3 Å². The van der Waals surface area contributed by atoms with Crippen LogP contribution in [0.5, 0.6) is 0 Å². The van der Waals surface area contributed by atoms with Crippen molar-refractivity contribution in [2.75, 3.05) is 19.6 Å². The van der Waals surface area contributed by atoms with Gasteiger partial charge in [0.15, 0.2) is 0 Å². The van der Waals surface area contributed by atoms with E-state index < -0.39 is 11.9 Å². The van der Waals surface area contributed by atoms with Gasteiger partial charge in [-0.3, -0.25) is 14.4 Å². The first-order valence-electron chi connectivity index (χ1n) is 17.1. The summed E-state index contributed by atoms with van der Waals surface area (Å²) in [6, 6.07) is 0.948. The van der Waals surface area contributed by atoms with Crippen LogP contribution in [0.15, 0.2) is 0 Å². The molecule has 2 saturated carbocycles. The number of rotatable bonds is 12. The minimum Gasteiger partial charge on any atom is -0.481 e. The highest BCUT2D eigenvalue weighted by molar-refractivity contribution is 5.75. The summed E-state index contributed by atoms with van der Waals surface area (Å²) >= 11 is 0. The zero-order valence-corrected chi connectivity index (χ0v) is 27.5. The van der Waals surface area contributed by atoms with Gasteiger partial charge in [-0.1, -0.05) is 33.1 Å². The number of unbranched alkanes of at least 4 members (excludes halogenated alkanes) is 4. The lowest BCUT2D eigenvalue weighted by Gasteiger charge is -2.46. The third-order valence-electron chi connectivity index (χ3n) is 9.24. The number of carbonyl (C=O) groups is 3. The number of nitrogens with two attached hydrogens (primary N) is 4. The fraction of sp³-hybridized carbons (Fsp3) is 0.909. The summed E-state index contributed by atoms with van der Waals surface area (Å²) in [5, 5.41) is 19.1. The van der Waals surface area contributed by atoms with Crippen LogP contribution in [0.1, 0.15) is 142 Å². The van der Waals surface area contributed by atoms with Gasteiger partial charge in [-0.2, -0.15) is 0 Å². The first-order chi connectivity index (χ1) is 20.4. The molecule has 3 aliphatic rings. The molecule has 254 valence electrons. The average Bonchev–Trinajstić information content (AvgIpc) is 3.22. The number of nitrogens with one attached hydrogen (secondary N) is 1. The maximum atomic E-state index is 10.6. The Bertz CT molecular complexity index is 664. The molecular formula is C33H67N5O5. The fourth-order valence-electron chi connectivity index (χ4n) is 6.16. The van der Waals surface area contributed by atoms with Crippen molar-refractivity contribution in [2.24, 2.45) is 40.2 Å². The summed E-state index contributed by atoms with van der Waals surface area (Å²) in [7, 11) is 0. The standard InChI is InChI=1S/C15H30N2.C6H16N2.C6H11NO.C6H10O4/c1-15(2,11-3-7-13(16)8-4-11)12-5-9-14(17)10-6-12;7-5-3-1-2-4-6-8;8-6-4-2-1-3-5-7-6;7-5(8)3-1-2-4-6(9)10/h11-14H,3-10,16-17H2,1-2H3;1-8H2;1-5H2,(H,7,8);1-4H2,(H,7,8)(H,9,10). The van der Waals surface area contributed by atoms with E-state index in [-0.39, 0.29) is 18.7 Å². The first-order valence-corrected chi connectivity index (χ1v) is 17.1. The van der Waals surface area contributed by atoms with Crippen LogP contribution < -0.4 is 28.3 Å². The number of hydrogen-bond acceptors (Lipinski definition) is 7. The second kappa shape index (κ2) is 25.6. The van der Waals surface area contributed by atoms with E-state index in [0.717, 1.165) is 63.6 Å². The molecule has 11 N–H and O–H groups in total. The maximum Gasteiger partial charge on any atom is 0.303 e. The summed E-state index contributed by atoms with van der Waals surface area (Å²) < 4.78 is 0. The first kappa shape index (κ1) is 41.2. The van der Waals surface area contributed by atoms with Gasteiger partial charge in [0.25, 0.3) is 0 Å². The van der Waals surface area contributed by atoms with Crippen LogP contribution in [0.2, 0.25) is 0 Å². The quantitative estimate of drug-likeness (QED) is 0.149.